The van der Waals surface area contributed by atoms with E-state index in [2.05, 4.69) is 6.58 Å². The Labute approximate surface area is 94.6 Å². The molecule has 0 aromatic carbocycles. The Morgan fingerprint density at radius 2 is 1.81 bits per heavy atom. The Balaban J connectivity index is 2.29. The molecule has 2 atom stereocenters. The molecule has 0 heterocycles. The highest BCUT2D eigenvalue weighted by atomic mass is 16.5. The molecule has 0 amide bonds. The van der Waals surface area contributed by atoms with Crippen molar-refractivity contribution in [3.63, 3.8) is 0 Å². The maximum atomic E-state index is 11.8. The molecular formula is C12H16O4. The first-order chi connectivity index (χ1) is 7.54. The summed E-state index contributed by atoms with van der Waals surface area (Å²) in [4.78, 5) is 23.6. The normalized spacial score (nSPS) is 33.8. The van der Waals surface area contributed by atoms with Gasteiger partial charge in [0.25, 0.3) is 0 Å². The van der Waals surface area contributed by atoms with Crippen LogP contribution in [0.25, 0.3) is 0 Å². The zero-order chi connectivity index (χ0) is 12.0. The fourth-order valence-corrected chi connectivity index (χ4v) is 3.05. The van der Waals surface area contributed by atoms with Crippen molar-refractivity contribution in [1.29, 1.82) is 0 Å². The fourth-order valence-electron chi connectivity index (χ4n) is 3.05. The number of carbonyl (C=O) groups is 2. The van der Waals surface area contributed by atoms with E-state index < -0.39 is 17.4 Å². The van der Waals surface area contributed by atoms with Crippen molar-refractivity contribution in [2.24, 2.45) is 16.7 Å². The second kappa shape index (κ2) is 3.34. The molecular weight excluding hydrogens is 208 g/mol. The Bertz CT molecular complexity index is 344. The SMILES string of the molecule is C=CC12CC1CC(C(=O)OC)(C(=O)OC)C2. The molecule has 2 fully saturated rings. The summed E-state index contributed by atoms with van der Waals surface area (Å²) >= 11 is 0. The van der Waals surface area contributed by atoms with Crippen LogP contribution in [0.2, 0.25) is 0 Å². The van der Waals surface area contributed by atoms with Crippen molar-refractivity contribution in [2.45, 2.75) is 19.3 Å². The number of ether oxygens (including phenoxy) is 2. The standard InChI is InChI=1S/C12H16O4/c1-4-11-5-8(11)6-12(7-11,9(13)15-2)10(14)16-3/h4,8H,1,5-7H2,2-3H3. The number of allylic oxidation sites excluding steroid dienone is 1. The van der Waals surface area contributed by atoms with Gasteiger partial charge in [0, 0.05) is 0 Å². The summed E-state index contributed by atoms with van der Waals surface area (Å²) in [5.74, 6) is -0.580. The van der Waals surface area contributed by atoms with Crippen molar-refractivity contribution < 1.29 is 19.1 Å². The van der Waals surface area contributed by atoms with E-state index in [4.69, 9.17) is 9.47 Å². The van der Waals surface area contributed by atoms with Gasteiger partial charge in [-0.2, -0.15) is 0 Å². The van der Waals surface area contributed by atoms with E-state index in [-0.39, 0.29) is 5.41 Å². The van der Waals surface area contributed by atoms with Crippen LogP contribution < -0.4 is 0 Å². The van der Waals surface area contributed by atoms with Crippen molar-refractivity contribution in [1.82, 2.24) is 0 Å². The Kier molecular flexibility index (Phi) is 2.33. The molecule has 4 nitrogen and oxygen atoms in total. The monoisotopic (exact) mass is 224 g/mol. The van der Waals surface area contributed by atoms with Crippen LogP contribution in [0, 0.1) is 16.7 Å². The van der Waals surface area contributed by atoms with Crippen LogP contribution in [0.15, 0.2) is 12.7 Å². The Morgan fingerprint density at radius 1 is 1.25 bits per heavy atom. The number of rotatable bonds is 3. The fraction of sp³-hybridized carbons (Fsp3) is 0.667. The van der Waals surface area contributed by atoms with E-state index in [1.54, 1.807) is 0 Å². The summed E-state index contributed by atoms with van der Waals surface area (Å²) in [6.07, 6.45) is 3.89. The zero-order valence-electron chi connectivity index (χ0n) is 9.62. The molecule has 88 valence electrons. The van der Waals surface area contributed by atoms with Crippen LogP contribution in [-0.4, -0.2) is 26.2 Å². The predicted octanol–water partition coefficient (Wildman–Crippen LogP) is 1.30. The lowest BCUT2D eigenvalue weighted by atomic mass is 9.80. The smallest absolute Gasteiger partial charge is 0.323 e. The first kappa shape index (κ1) is 11.2. The summed E-state index contributed by atoms with van der Waals surface area (Å²) in [6, 6.07) is 0. The lowest BCUT2D eigenvalue weighted by molar-refractivity contribution is -0.169. The predicted molar refractivity (Wildman–Crippen MR) is 56.4 cm³/mol. The number of carbonyl (C=O) groups excluding carboxylic acids is 2. The molecule has 0 N–H and O–H groups in total. The van der Waals surface area contributed by atoms with Crippen LogP contribution >= 0.6 is 0 Å². The molecule has 0 saturated heterocycles. The van der Waals surface area contributed by atoms with Gasteiger partial charge in [0.15, 0.2) is 5.41 Å². The Morgan fingerprint density at radius 3 is 2.19 bits per heavy atom. The van der Waals surface area contributed by atoms with Gasteiger partial charge in [0.1, 0.15) is 0 Å². The Hall–Kier alpha value is -1.32. The second-order valence-corrected chi connectivity index (χ2v) is 4.78. The summed E-state index contributed by atoms with van der Waals surface area (Å²) in [5.41, 5.74) is -1.14. The number of methoxy groups -OCH3 is 2. The molecule has 16 heavy (non-hydrogen) atoms. The van der Waals surface area contributed by atoms with E-state index in [1.807, 2.05) is 6.08 Å². The third-order valence-corrected chi connectivity index (χ3v) is 4.06. The lowest BCUT2D eigenvalue weighted by Crippen LogP contribution is -2.40. The van der Waals surface area contributed by atoms with E-state index >= 15 is 0 Å². The van der Waals surface area contributed by atoms with Gasteiger partial charge in [0.2, 0.25) is 0 Å². The van der Waals surface area contributed by atoms with E-state index in [1.165, 1.54) is 14.2 Å². The third-order valence-electron chi connectivity index (χ3n) is 4.06. The maximum absolute atomic E-state index is 11.8. The van der Waals surface area contributed by atoms with Crippen LogP contribution in [0.3, 0.4) is 0 Å². The number of fused-ring (bicyclic) bond motifs is 1. The number of hydrogen-bond acceptors (Lipinski definition) is 4. The maximum Gasteiger partial charge on any atom is 0.323 e. The van der Waals surface area contributed by atoms with Crippen molar-refractivity contribution in [3.8, 4) is 0 Å². The van der Waals surface area contributed by atoms with Gasteiger partial charge in [-0.1, -0.05) is 6.08 Å². The van der Waals surface area contributed by atoms with E-state index in [9.17, 15) is 9.59 Å². The molecule has 0 aliphatic heterocycles. The average molecular weight is 224 g/mol. The molecule has 0 radical (unpaired) electrons. The number of esters is 2. The second-order valence-electron chi connectivity index (χ2n) is 4.78. The van der Waals surface area contributed by atoms with Crippen LogP contribution in [0.1, 0.15) is 19.3 Å². The zero-order valence-corrected chi connectivity index (χ0v) is 9.62. The molecule has 0 bridgehead atoms. The van der Waals surface area contributed by atoms with Gasteiger partial charge >= 0.3 is 11.9 Å². The topological polar surface area (TPSA) is 52.6 Å². The molecule has 0 aromatic rings. The minimum absolute atomic E-state index is 0.0393. The van der Waals surface area contributed by atoms with E-state index in [0.29, 0.717) is 18.8 Å². The minimum atomic E-state index is -1.10. The van der Waals surface area contributed by atoms with Crippen molar-refractivity contribution in [3.05, 3.63) is 12.7 Å². The summed E-state index contributed by atoms with van der Waals surface area (Å²) in [5, 5.41) is 0. The van der Waals surface area contributed by atoms with E-state index in [0.717, 1.165) is 6.42 Å². The molecule has 0 spiro atoms. The van der Waals surface area contributed by atoms with Crippen molar-refractivity contribution >= 4 is 11.9 Å². The highest BCUT2D eigenvalue weighted by Crippen LogP contribution is 2.70. The van der Waals surface area contributed by atoms with Crippen LogP contribution in [-0.2, 0) is 19.1 Å². The first-order valence-corrected chi connectivity index (χ1v) is 5.35. The molecule has 2 rings (SSSR count). The molecule has 4 heteroatoms. The highest BCUT2D eigenvalue weighted by molar-refractivity contribution is 6.00. The molecule has 2 unspecified atom stereocenters. The largest absolute Gasteiger partial charge is 0.468 e. The molecule has 2 saturated carbocycles. The number of hydrogen-bond donors (Lipinski definition) is 0. The summed E-state index contributed by atoms with van der Waals surface area (Å²) < 4.78 is 9.49. The van der Waals surface area contributed by atoms with Gasteiger partial charge < -0.3 is 9.47 Å². The van der Waals surface area contributed by atoms with Crippen molar-refractivity contribution in [2.75, 3.05) is 14.2 Å². The average Bonchev–Trinajstić information content (AvgIpc) is 2.89. The lowest BCUT2D eigenvalue weighted by Gasteiger charge is -2.25. The van der Waals surface area contributed by atoms with Gasteiger partial charge in [0.05, 0.1) is 14.2 Å². The van der Waals surface area contributed by atoms with Gasteiger partial charge in [-0.25, -0.2) is 0 Å². The van der Waals surface area contributed by atoms with Gasteiger partial charge in [-0.05, 0) is 30.6 Å². The highest BCUT2D eigenvalue weighted by Gasteiger charge is 2.69. The van der Waals surface area contributed by atoms with Gasteiger partial charge in [-0.3, -0.25) is 9.59 Å². The van der Waals surface area contributed by atoms with Gasteiger partial charge in [-0.15, -0.1) is 6.58 Å². The van der Waals surface area contributed by atoms with Crippen LogP contribution in [0.4, 0.5) is 0 Å². The summed E-state index contributed by atoms with van der Waals surface area (Å²) in [7, 11) is 2.61. The molecule has 0 aromatic heterocycles. The molecule has 2 aliphatic carbocycles. The molecule has 2 aliphatic rings. The summed E-state index contributed by atoms with van der Waals surface area (Å²) in [6.45, 7) is 3.79. The first-order valence-electron chi connectivity index (χ1n) is 5.35. The quantitative estimate of drug-likeness (QED) is 0.412. The minimum Gasteiger partial charge on any atom is -0.468 e. The third kappa shape index (κ3) is 1.22. The van der Waals surface area contributed by atoms with Crippen LogP contribution in [0.5, 0.6) is 0 Å².